The lowest BCUT2D eigenvalue weighted by Crippen LogP contribution is -2.18. The van der Waals surface area contributed by atoms with E-state index in [1.807, 2.05) is 0 Å². The van der Waals surface area contributed by atoms with Crippen LogP contribution in [0.5, 0.6) is 5.75 Å². The number of aliphatic hydroxyl groups is 1. The molecule has 1 atom stereocenters. The third kappa shape index (κ3) is 7.66. The Kier molecular flexibility index (Phi) is 9.62. The van der Waals surface area contributed by atoms with E-state index in [1.165, 1.54) is 0 Å². The molecule has 2 rings (SSSR count). The quantitative estimate of drug-likeness (QED) is 0.409. The van der Waals surface area contributed by atoms with Gasteiger partial charge in [-0.3, -0.25) is 5.32 Å². The third-order valence-corrected chi connectivity index (χ3v) is 4.26. The molecule has 0 fully saturated rings. The van der Waals surface area contributed by atoms with Gasteiger partial charge in [-0.25, -0.2) is 18.4 Å². The van der Waals surface area contributed by atoms with Gasteiger partial charge in [-0.1, -0.05) is 18.2 Å². The minimum absolute atomic E-state index is 0.131. The number of aliphatic hydroxyl groups excluding tert-OH is 1. The molecule has 0 spiro atoms. The van der Waals surface area contributed by atoms with Crippen LogP contribution in [0.15, 0.2) is 54.1 Å². The fourth-order valence-corrected chi connectivity index (χ4v) is 2.67. The van der Waals surface area contributed by atoms with Crippen molar-refractivity contribution in [1.82, 2.24) is 0 Å². The number of halogens is 2. The summed E-state index contributed by atoms with van der Waals surface area (Å²) in [6, 6.07) is 9.34. The molecule has 9 heteroatoms. The van der Waals surface area contributed by atoms with Crippen molar-refractivity contribution in [2.75, 3.05) is 25.1 Å². The lowest BCUT2D eigenvalue weighted by atomic mass is 10.0. The molecular weight excluding hydrogens is 424 g/mol. The van der Waals surface area contributed by atoms with E-state index in [0.717, 1.165) is 12.1 Å². The lowest BCUT2D eigenvalue weighted by molar-refractivity contribution is -0.138. The van der Waals surface area contributed by atoms with Crippen LogP contribution in [0.25, 0.3) is 0 Å². The van der Waals surface area contributed by atoms with E-state index in [-0.39, 0.29) is 31.9 Å². The summed E-state index contributed by atoms with van der Waals surface area (Å²) < 4.78 is 42.6. The van der Waals surface area contributed by atoms with Crippen LogP contribution in [-0.4, -0.2) is 37.0 Å². The van der Waals surface area contributed by atoms with Crippen LogP contribution in [0.1, 0.15) is 31.9 Å². The third-order valence-electron chi connectivity index (χ3n) is 4.26. The van der Waals surface area contributed by atoms with Gasteiger partial charge in [0.25, 0.3) is 0 Å². The Labute approximate surface area is 184 Å². The van der Waals surface area contributed by atoms with Gasteiger partial charge in [-0.2, -0.15) is 0 Å². The normalized spacial score (nSPS) is 12.1. The number of rotatable bonds is 10. The average molecular weight is 449 g/mol. The van der Waals surface area contributed by atoms with Crippen LogP contribution >= 0.6 is 0 Å². The zero-order valence-corrected chi connectivity index (χ0v) is 17.8. The van der Waals surface area contributed by atoms with Gasteiger partial charge >= 0.3 is 12.1 Å². The first-order valence-electron chi connectivity index (χ1n) is 9.94. The van der Waals surface area contributed by atoms with Crippen LogP contribution in [0, 0.1) is 11.6 Å². The number of nitrogens with one attached hydrogen (secondary N) is 1. The van der Waals surface area contributed by atoms with Gasteiger partial charge in [0, 0.05) is 18.1 Å². The molecule has 0 aliphatic carbocycles. The minimum Gasteiger partial charge on any atom is -0.491 e. The SMILES string of the molecule is CCOC(=O)/C(C)=C/C[C@@H](OC(=O)Nc1ccc(F)cc1F)c1ccc(OCCO)cc1. The maximum Gasteiger partial charge on any atom is 0.412 e. The van der Waals surface area contributed by atoms with Gasteiger partial charge in [-0.15, -0.1) is 0 Å². The zero-order chi connectivity index (χ0) is 23.5. The molecule has 0 saturated heterocycles. The molecule has 0 aromatic heterocycles. The Balaban J connectivity index is 2.17. The molecule has 2 aromatic carbocycles. The topological polar surface area (TPSA) is 94.1 Å². The van der Waals surface area contributed by atoms with Crippen molar-refractivity contribution in [3.63, 3.8) is 0 Å². The van der Waals surface area contributed by atoms with E-state index in [0.29, 0.717) is 23.0 Å². The monoisotopic (exact) mass is 449 g/mol. The Morgan fingerprint density at radius 3 is 2.50 bits per heavy atom. The smallest absolute Gasteiger partial charge is 0.412 e. The number of hydrogen-bond donors (Lipinski definition) is 2. The minimum atomic E-state index is -0.955. The summed E-state index contributed by atoms with van der Waals surface area (Å²) in [6.07, 6.45) is -0.0659. The number of ether oxygens (including phenoxy) is 3. The van der Waals surface area contributed by atoms with Crippen molar-refractivity contribution in [3.8, 4) is 5.75 Å². The highest BCUT2D eigenvalue weighted by Gasteiger charge is 2.18. The molecule has 0 unspecified atom stereocenters. The number of esters is 1. The van der Waals surface area contributed by atoms with Crippen LogP contribution in [0.3, 0.4) is 0 Å². The first kappa shape index (κ1) is 24.8. The van der Waals surface area contributed by atoms with E-state index in [9.17, 15) is 18.4 Å². The summed E-state index contributed by atoms with van der Waals surface area (Å²) in [5, 5.41) is 11.1. The number of carbonyl (C=O) groups is 2. The molecule has 0 saturated carbocycles. The number of carbonyl (C=O) groups excluding carboxylic acids is 2. The second-order valence-corrected chi connectivity index (χ2v) is 6.63. The molecule has 32 heavy (non-hydrogen) atoms. The molecule has 0 radical (unpaired) electrons. The van der Waals surface area contributed by atoms with Crippen molar-refractivity contribution in [3.05, 3.63) is 71.3 Å². The second-order valence-electron chi connectivity index (χ2n) is 6.63. The summed E-state index contributed by atoms with van der Waals surface area (Å²) in [4.78, 5) is 24.2. The van der Waals surface area contributed by atoms with Gasteiger partial charge in [0.2, 0.25) is 0 Å². The number of anilines is 1. The van der Waals surface area contributed by atoms with E-state index < -0.39 is 29.8 Å². The average Bonchev–Trinajstić information content (AvgIpc) is 2.77. The van der Waals surface area contributed by atoms with Crippen molar-refractivity contribution in [2.45, 2.75) is 26.4 Å². The molecular formula is C23H25F2NO6. The van der Waals surface area contributed by atoms with Gasteiger partial charge in [-0.05, 0) is 43.7 Å². The number of benzene rings is 2. The van der Waals surface area contributed by atoms with Crippen molar-refractivity contribution < 1.29 is 37.7 Å². The second kappa shape index (κ2) is 12.4. The first-order valence-corrected chi connectivity index (χ1v) is 9.94. The molecule has 7 nitrogen and oxygen atoms in total. The van der Waals surface area contributed by atoms with Crippen LogP contribution in [0.2, 0.25) is 0 Å². The first-order chi connectivity index (χ1) is 15.3. The summed E-state index contributed by atoms with van der Waals surface area (Å²) in [5.74, 6) is -1.70. The lowest BCUT2D eigenvalue weighted by Gasteiger charge is -2.18. The van der Waals surface area contributed by atoms with Crippen molar-refractivity contribution in [1.29, 1.82) is 0 Å². The van der Waals surface area contributed by atoms with Gasteiger partial charge in [0.1, 0.15) is 30.1 Å². The number of amides is 1. The molecule has 172 valence electrons. The Bertz CT molecular complexity index is 946. The molecule has 1 amide bonds. The maximum atomic E-state index is 13.8. The van der Waals surface area contributed by atoms with E-state index >= 15 is 0 Å². The Hall–Kier alpha value is -3.46. The zero-order valence-electron chi connectivity index (χ0n) is 17.8. The highest BCUT2D eigenvalue weighted by atomic mass is 19.1. The fourth-order valence-electron chi connectivity index (χ4n) is 2.67. The molecule has 2 N–H and O–H groups in total. The molecule has 0 aliphatic heterocycles. The van der Waals surface area contributed by atoms with Crippen molar-refractivity contribution >= 4 is 17.7 Å². The summed E-state index contributed by atoms with van der Waals surface area (Å²) in [6.45, 7) is 3.49. The predicted molar refractivity (Wildman–Crippen MR) is 113 cm³/mol. The molecule has 0 bridgehead atoms. The Morgan fingerprint density at radius 1 is 1.16 bits per heavy atom. The molecule has 0 aliphatic rings. The fraction of sp³-hybridized carbons (Fsp3) is 0.304. The van der Waals surface area contributed by atoms with Crippen LogP contribution in [0.4, 0.5) is 19.3 Å². The van der Waals surface area contributed by atoms with Gasteiger partial charge in [0.15, 0.2) is 0 Å². The standard InChI is InChI=1S/C23H25F2NO6/c1-3-30-22(28)15(2)4-11-21(16-5-8-18(9-6-16)31-13-12-27)32-23(29)26-20-10-7-17(24)14-19(20)25/h4-10,14,21,27H,3,11-13H2,1-2H3,(H,26,29)/b15-4+/t21-/m1/s1. The van der Waals surface area contributed by atoms with Gasteiger partial charge < -0.3 is 19.3 Å². The van der Waals surface area contributed by atoms with Gasteiger partial charge in [0.05, 0.1) is 18.9 Å². The van der Waals surface area contributed by atoms with Crippen molar-refractivity contribution in [2.24, 2.45) is 0 Å². The molecule has 0 heterocycles. The maximum absolute atomic E-state index is 13.8. The Morgan fingerprint density at radius 2 is 1.88 bits per heavy atom. The van der Waals surface area contributed by atoms with E-state index in [1.54, 1.807) is 44.2 Å². The molecule has 2 aromatic rings. The highest BCUT2D eigenvalue weighted by molar-refractivity contribution is 5.87. The van der Waals surface area contributed by atoms with E-state index in [4.69, 9.17) is 19.3 Å². The number of hydrogen-bond acceptors (Lipinski definition) is 6. The predicted octanol–water partition coefficient (Wildman–Crippen LogP) is 4.53. The summed E-state index contributed by atoms with van der Waals surface area (Å²) >= 11 is 0. The summed E-state index contributed by atoms with van der Waals surface area (Å²) in [5.41, 5.74) is 0.693. The highest BCUT2D eigenvalue weighted by Crippen LogP contribution is 2.26. The van der Waals surface area contributed by atoms with Crippen LogP contribution < -0.4 is 10.1 Å². The largest absolute Gasteiger partial charge is 0.491 e. The van der Waals surface area contributed by atoms with E-state index in [2.05, 4.69) is 5.32 Å². The van der Waals surface area contributed by atoms with Crippen LogP contribution in [-0.2, 0) is 14.3 Å². The summed E-state index contributed by atoms with van der Waals surface area (Å²) in [7, 11) is 0.